The Morgan fingerprint density at radius 3 is 2.40 bits per heavy atom. The Balaban J connectivity index is 1.37. The second-order valence-corrected chi connectivity index (χ2v) is 9.95. The van der Waals surface area contributed by atoms with Crippen LogP contribution in [-0.4, -0.2) is 48.3 Å². The normalized spacial score (nSPS) is 20.5. The van der Waals surface area contributed by atoms with Gasteiger partial charge in [-0.25, -0.2) is 0 Å². The fourth-order valence-electron chi connectivity index (χ4n) is 4.86. The van der Waals surface area contributed by atoms with Gasteiger partial charge >= 0.3 is 0 Å². The molecule has 0 spiro atoms. The molecule has 2 fully saturated rings. The van der Waals surface area contributed by atoms with E-state index in [4.69, 9.17) is 12.2 Å². The molecule has 1 aliphatic carbocycles. The van der Waals surface area contributed by atoms with Crippen molar-refractivity contribution in [2.75, 3.05) is 31.1 Å². The Labute approximate surface area is 190 Å². The number of benzene rings is 1. The summed E-state index contributed by atoms with van der Waals surface area (Å²) in [7, 11) is 0. The standard InChI is InChI=1S/C24H34N4S2/c1-19(25-24(29)26-20-9-4-2-5-10-20)23(22-13-8-18-30-22)28-16-14-27(15-17-28)21-11-6-3-7-12-21/h3,6-8,11-13,18-20,23H,2,4-5,9-10,14-17H2,1H3,(H2,25,26,29)/t19-,23+/m1/s1. The molecule has 2 aromatic rings. The minimum Gasteiger partial charge on any atom is -0.369 e. The highest BCUT2D eigenvalue weighted by Crippen LogP contribution is 2.30. The second-order valence-electron chi connectivity index (χ2n) is 8.56. The molecule has 4 rings (SSSR count). The average molecular weight is 443 g/mol. The number of nitrogens with zero attached hydrogens (tertiary/aromatic N) is 2. The van der Waals surface area contributed by atoms with Crippen molar-refractivity contribution < 1.29 is 0 Å². The van der Waals surface area contributed by atoms with Crippen molar-refractivity contribution in [2.45, 2.75) is 57.2 Å². The van der Waals surface area contributed by atoms with Gasteiger partial charge < -0.3 is 15.5 Å². The fourth-order valence-corrected chi connectivity index (χ4v) is 6.18. The fraction of sp³-hybridized carbons (Fsp3) is 0.542. The van der Waals surface area contributed by atoms with E-state index in [1.807, 2.05) is 11.3 Å². The minimum absolute atomic E-state index is 0.260. The van der Waals surface area contributed by atoms with Crippen molar-refractivity contribution in [3.63, 3.8) is 0 Å². The predicted molar refractivity (Wildman–Crippen MR) is 132 cm³/mol. The number of thiocarbonyl (C=S) groups is 1. The summed E-state index contributed by atoms with van der Waals surface area (Å²) in [5.74, 6) is 0. The number of hydrogen-bond acceptors (Lipinski definition) is 4. The molecular formula is C24H34N4S2. The summed E-state index contributed by atoms with van der Waals surface area (Å²) in [4.78, 5) is 6.55. The van der Waals surface area contributed by atoms with E-state index in [0.717, 1.165) is 31.3 Å². The molecule has 2 aliphatic rings. The molecule has 1 aliphatic heterocycles. The Hall–Kier alpha value is -1.63. The van der Waals surface area contributed by atoms with Gasteiger partial charge in [0.05, 0.1) is 6.04 Å². The summed E-state index contributed by atoms with van der Waals surface area (Å²) in [6, 6.07) is 16.4. The lowest BCUT2D eigenvalue weighted by Crippen LogP contribution is -2.54. The molecule has 2 heterocycles. The zero-order valence-electron chi connectivity index (χ0n) is 17.9. The van der Waals surface area contributed by atoms with Crippen LogP contribution in [0, 0.1) is 0 Å². The van der Waals surface area contributed by atoms with Crippen molar-refractivity contribution in [1.29, 1.82) is 0 Å². The third-order valence-electron chi connectivity index (χ3n) is 6.44. The largest absolute Gasteiger partial charge is 0.369 e. The molecule has 30 heavy (non-hydrogen) atoms. The van der Waals surface area contributed by atoms with Crippen molar-refractivity contribution in [1.82, 2.24) is 15.5 Å². The van der Waals surface area contributed by atoms with Gasteiger partial charge in [0.1, 0.15) is 0 Å². The number of hydrogen-bond donors (Lipinski definition) is 2. The highest BCUT2D eigenvalue weighted by Gasteiger charge is 2.30. The molecule has 0 bridgehead atoms. The van der Waals surface area contributed by atoms with Gasteiger partial charge in [0.25, 0.3) is 0 Å². The summed E-state index contributed by atoms with van der Waals surface area (Å²) < 4.78 is 0. The molecule has 1 saturated carbocycles. The number of rotatable bonds is 6. The van der Waals surface area contributed by atoms with Crippen molar-refractivity contribution in [3.05, 3.63) is 52.7 Å². The zero-order valence-corrected chi connectivity index (χ0v) is 19.6. The maximum absolute atomic E-state index is 5.70. The molecule has 1 saturated heterocycles. The van der Waals surface area contributed by atoms with E-state index in [2.05, 4.69) is 75.2 Å². The van der Waals surface area contributed by atoms with Crippen LogP contribution in [0.15, 0.2) is 47.8 Å². The number of thiophene rings is 1. The number of anilines is 1. The van der Waals surface area contributed by atoms with Gasteiger partial charge in [0, 0.05) is 48.8 Å². The van der Waals surface area contributed by atoms with Gasteiger partial charge in [0.2, 0.25) is 0 Å². The highest BCUT2D eigenvalue weighted by atomic mass is 32.1. The van der Waals surface area contributed by atoms with E-state index >= 15 is 0 Å². The minimum atomic E-state index is 0.260. The van der Waals surface area contributed by atoms with Crippen LogP contribution in [0.1, 0.15) is 49.9 Å². The summed E-state index contributed by atoms with van der Waals surface area (Å²) >= 11 is 7.55. The smallest absolute Gasteiger partial charge is 0.166 e. The number of piperazine rings is 1. The SMILES string of the molecule is C[C@@H](NC(=S)NC1CCCCC1)[C@@H](c1cccs1)N1CCN(c2ccccc2)CC1. The zero-order chi connectivity index (χ0) is 20.8. The van der Waals surface area contributed by atoms with Crippen molar-refractivity contribution in [3.8, 4) is 0 Å². The summed E-state index contributed by atoms with van der Waals surface area (Å²) in [6.07, 6.45) is 6.49. The summed E-state index contributed by atoms with van der Waals surface area (Å²) in [5, 5.41) is 10.2. The molecule has 0 amide bonds. The predicted octanol–water partition coefficient (Wildman–Crippen LogP) is 4.80. The average Bonchev–Trinajstić information content (AvgIpc) is 3.30. The maximum atomic E-state index is 5.70. The van der Waals surface area contributed by atoms with Crippen LogP contribution in [-0.2, 0) is 0 Å². The van der Waals surface area contributed by atoms with Crippen molar-refractivity contribution >= 4 is 34.4 Å². The molecule has 4 nitrogen and oxygen atoms in total. The van der Waals surface area contributed by atoms with E-state index < -0.39 is 0 Å². The molecule has 162 valence electrons. The van der Waals surface area contributed by atoms with Crippen LogP contribution in [0.25, 0.3) is 0 Å². The van der Waals surface area contributed by atoms with E-state index in [1.54, 1.807) is 0 Å². The van der Waals surface area contributed by atoms with Gasteiger partial charge in [-0.15, -0.1) is 11.3 Å². The number of para-hydroxylation sites is 1. The third kappa shape index (κ3) is 5.54. The van der Waals surface area contributed by atoms with Gasteiger partial charge in [-0.2, -0.15) is 0 Å². The quantitative estimate of drug-likeness (QED) is 0.628. The van der Waals surface area contributed by atoms with E-state index in [0.29, 0.717) is 12.1 Å². The molecule has 0 radical (unpaired) electrons. The van der Waals surface area contributed by atoms with Gasteiger partial charge in [-0.05, 0) is 55.6 Å². The Morgan fingerprint density at radius 1 is 1.00 bits per heavy atom. The van der Waals surface area contributed by atoms with Gasteiger partial charge in [-0.3, -0.25) is 4.90 Å². The first kappa shape index (κ1) is 21.6. The monoisotopic (exact) mass is 442 g/mol. The Bertz CT molecular complexity index is 766. The van der Waals surface area contributed by atoms with Gasteiger partial charge in [0.15, 0.2) is 5.11 Å². The Kier molecular flexibility index (Phi) is 7.63. The lowest BCUT2D eigenvalue weighted by molar-refractivity contribution is 0.162. The van der Waals surface area contributed by atoms with Crippen LogP contribution >= 0.6 is 23.6 Å². The van der Waals surface area contributed by atoms with Gasteiger partial charge in [-0.1, -0.05) is 43.5 Å². The molecular weight excluding hydrogens is 408 g/mol. The van der Waals surface area contributed by atoms with E-state index in [9.17, 15) is 0 Å². The molecule has 2 atom stereocenters. The first-order valence-corrected chi connectivity index (χ1v) is 12.6. The van der Waals surface area contributed by atoms with Crippen LogP contribution in [0.4, 0.5) is 5.69 Å². The molecule has 1 aromatic carbocycles. The lowest BCUT2D eigenvalue weighted by atomic mass is 9.96. The summed E-state index contributed by atoms with van der Waals surface area (Å²) in [5.41, 5.74) is 1.33. The topological polar surface area (TPSA) is 30.5 Å². The Morgan fingerprint density at radius 2 is 1.73 bits per heavy atom. The molecule has 6 heteroatoms. The molecule has 1 aromatic heterocycles. The molecule has 0 unspecified atom stereocenters. The maximum Gasteiger partial charge on any atom is 0.166 e. The van der Waals surface area contributed by atoms with Crippen LogP contribution < -0.4 is 15.5 Å². The van der Waals surface area contributed by atoms with Crippen LogP contribution in [0.2, 0.25) is 0 Å². The highest BCUT2D eigenvalue weighted by molar-refractivity contribution is 7.80. The van der Waals surface area contributed by atoms with Crippen LogP contribution in [0.3, 0.4) is 0 Å². The first-order chi connectivity index (χ1) is 14.7. The van der Waals surface area contributed by atoms with Crippen molar-refractivity contribution in [2.24, 2.45) is 0 Å². The second kappa shape index (κ2) is 10.6. The van der Waals surface area contributed by atoms with Crippen LogP contribution in [0.5, 0.6) is 0 Å². The van der Waals surface area contributed by atoms with E-state index in [1.165, 1.54) is 42.7 Å². The third-order valence-corrected chi connectivity index (χ3v) is 7.62. The van der Waals surface area contributed by atoms with E-state index in [-0.39, 0.29) is 6.04 Å². The first-order valence-electron chi connectivity index (χ1n) is 11.3. The summed E-state index contributed by atoms with van der Waals surface area (Å²) in [6.45, 7) is 6.52. The number of nitrogens with one attached hydrogen (secondary N) is 2. The molecule has 2 N–H and O–H groups in total. The lowest BCUT2D eigenvalue weighted by Gasteiger charge is -2.42.